The van der Waals surface area contributed by atoms with Crippen molar-refractivity contribution in [2.24, 2.45) is 0 Å². The summed E-state index contributed by atoms with van der Waals surface area (Å²) in [6.07, 6.45) is 11.5. The number of aldehydes is 1. The van der Waals surface area contributed by atoms with Gasteiger partial charge in [-0.05, 0) is 51.2 Å². The Labute approximate surface area is 174 Å². The average Bonchev–Trinajstić information content (AvgIpc) is 3.12. The monoisotopic (exact) mass is 400 g/mol. The molecule has 0 aliphatic heterocycles. The van der Waals surface area contributed by atoms with Crippen molar-refractivity contribution in [3.8, 4) is 0 Å². The summed E-state index contributed by atoms with van der Waals surface area (Å²) in [7, 11) is 0. The first-order valence-corrected chi connectivity index (χ1v) is 11.0. The highest BCUT2D eigenvalue weighted by atomic mass is 16.6. The van der Waals surface area contributed by atoms with Crippen molar-refractivity contribution in [2.75, 3.05) is 0 Å². The summed E-state index contributed by atoms with van der Waals surface area (Å²) in [4.78, 5) is 27.2. The third-order valence-electron chi connectivity index (χ3n) is 5.51. The van der Waals surface area contributed by atoms with Gasteiger partial charge in [-0.15, -0.1) is 0 Å². The number of unbranched alkanes of at least 4 members (excludes halogenated alkanes) is 5. The lowest BCUT2D eigenvalue weighted by Gasteiger charge is -2.25. The molecular weight excluding hydrogens is 364 g/mol. The molecule has 0 bridgehead atoms. The number of benzene rings is 1. The minimum absolute atomic E-state index is 0.148. The largest absolute Gasteiger partial charge is 0.447 e. The lowest BCUT2D eigenvalue weighted by atomic mass is 9.94. The molecule has 0 saturated heterocycles. The normalized spacial score (nSPS) is 14.3. The molecular formula is C24H36N2O3. The van der Waals surface area contributed by atoms with Crippen LogP contribution in [0.25, 0.3) is 10.9 Å². The highest BCUT2D eigenvalue weighted by molar-refractivity contribution is 5.83. The van der Waals surface area contributed by atoms with Crippen LogP contribution < -0.4 is 5.32 Å². The summed E-state index contributed by atoms with van der Waals surface area (Å²) in [5.74, 6) is 0. The van der Waals surface area contributed by atoms with Gasteiger partial charge in [-0.2, -0.15) is 0 Å². The molecule has 1 amide bonds. The van der Waals surface area contributed by atoms with E-state index in [4.69, 9.17) is 4.74 Å². The summed E-state index contributed by atoms with van der Waals surface area (Å²) in [5.41, 5.74) is 1.27. The number of nitrogens with one attached hydrogen (secondary N) is 2. The number of aryl methyl sites for hydroxylation is 1. The first kappa shape index (κ1) is 23.0. The number of ether oxygens (including phenoxy) is 1. The van der Waals surface area contributed by atoms with Crippen molar-refractivity contribution < 1.29 is 14.3 Å². The second kappa shape index (κ2) is 11.6. The van der Waals surface area contributed by atoms with E-state index < -0.39 is 11.6 Å². The topological polar surface area (TPSA) is 71.2 Å². The van der Waals surface area contributed by atoms with E-state index in [0.717, 1.165) is 35.6 Å². The smallest absolute Gasteiger partial charge is 0.408 e. The number of aromatic amines is 1. The van der Waals surface area contributed by atoms with Gasteiger partial charge < -0.3 is 19.8 Å². The van der Waals surface area contributed by atoms with E-state index in [0.29, 0.717) is 12.8 Å². The number of amides is 1. The maximum atomic E-state index is 12.3. The number of carbonyl (C=O) groups excluding carboxylic acids is 2. The molecule has 5 nitrogen and oxygen atoms in total. The van der Waals surface area contributed by atoms with Gasteiger partial charge in [0, 0.05) is 17.1 Å². The van der Waals surface area contributed by atoms with Crippen LogP contribution in [-0.4, -0.2) is 29.0 Å². The molecule has 0 fully saturated rings. The third kappa shape index (κ3) is 7.56. The summed E-state index contributed by atoms with van der Waals surface area (Å²) in [6.45, 7) is 5.87. The molecule has 0 saturated carbocycles. The molecule has 0 spiro atoms. The van der Waals surface area contributed by atoms with Gasteiger partial charge >= 0.3 is 6.09 Å². The van der Waals surface area contributed by atoms with Gasteiger partial charge in [0.15, 0.2) is 0 Å². The van der Waals surface area contributed by atoms with Gasteiger partial charge in [0.2, 0.25) is 0 Å². The predicted octanol–water partition coefficient (Wildman–Crippen LogP) is 5.92. The number of hydrogen-bond donors (Lipinski definition) is 2. The summed E-state index contributed by atoms with van der Waals surface area (Å²) in [6, 6.07) is 8.07. The predicted molar refractivity (Wildman–Crippen MR) is 118 cm³/mol. The van der Waals surface area contributed by atoms with Crippen LogP contribution in [0.15, 0.2) is 30.5 Å². The Bertz CT molecular complexity index is 770. The Balaban J connectivity index is 1.76. The van der Waals surface area contributed by atoms with Crippen molar-refractivity contribution in [1.29, 1.82) is 0 Å². The van der Waals surface area contributed by atoms with Gasteiger partial charge in [0.1, 0.15) is 12.4 Å². The average molecular weight is 401 g/mol. The zero-order valence-electron chi connectivity index (χ0n) is 18.1. The fraction of sp³-hybridized carbons (Fsp3) is 0.583. The Morgan fingerprint density at radius 3 is 2.69 bits per heavy atom. The summed E-state index contributed by atoms with van der Waals surface area (Å²) < 4.78 is 5.47. The molecule has 1 heterocycles. The van der Waals surface area contributed by atoms with Gasteiger partial charge in [0.25, 0.3) is 0 Å². The molecule has 2 N–H and O–H groups in total. The highest BCUT2D eigenvalue weighted by Crippen LogP contribution is 2.21. The van der Waals surface area contributed by atoms with E-state index in [-0.39, 0.29) is 6.10 Å². The molecule has 0 aliphatic rings. The highest BCUT2D eigenvalue weighted by Gasteiger charge is 2.27. The standard InChI is InChI=1S/C24H36N2O3/c1-4-5-6-7-8-9-12-19(2)29-23(28)26-24(3,18-27)16-15-20-17-25-22-14-11-10-13-21(20)22/h10-11,13-14,17-19,25H,4-9,12,15-16H2,1-3H3,(H,26,28)/t19?,24-/m1/s1. The Hall–Kier alpha value is -2.30. The molecule has 1 aromatic heterocycles. The Kier molecular flexibility index (Phi) is 9.23. The minimum atomic E-state index is -0.949. The number of aromatic nitrogens is 1. The molecule has 5 heteroatoms. The van der Waals surface area contributed by atoms with E-state index in [1.54, 1.807) is 6.92 Å². The van der Waals surface area contributed by atoms with Crippen LogP contribution in [0.2, 0.25) is 0 Å². The zero-order chi connectivity index (χ0) is 21.1. The molecule has 0 aliphatic carbocycles. The molecule has 1 aromatic carbocycles. The Morgan fingerprint density at radius 2 is 1.93 bits per heavy atom. The fourth-order valence-electron chi connectivity index (χ4n) is 3.60. The number of H-pyrrole nitrogens is 1. The summed E-state index contributed by atoms with van der Waals surface area (Å²) in [5, 5.41) is 3.91. The van der Waals surface area contributed by atoms with Crippen LogP contribution in [0.3, 0.4) is 0 Å². The van der Waals surface area contributed by atoms with Crippen LogP contribution in [-0.2, 0) is 16.0 Å². The van der Waals surface area contributed by atoms with Crippen molar-refractivity contribution in [3.63, 3.8) is 0 Å². The molecule has 1 unspecified atom stereocenters. The molecule has 160 valence electrons. The number of alkyl carbamates (subject to hydrolysis) is 1. The van der Waals surface area contributed by atoms with Crippen LogP contribution in [0.5, 0.6) is 0 Å². The zero-order valence-corrected chi connectivity index (χ0v) is 18.1. The molecule has 2 rings (SSSR count). The Morgan fingerprint density at radius 1 is 1.21 bits per heavy atom. The third-order valence-corrected chi connectivity index (χ3v) is 5.51. The van der Waals surface area contributed by atoms with Gasteiger partial charge in [-0.3, -0.25) is 0 Å². The minimum Gasteiger partial charge on any atom is -0.447 e. The number of carbonyl (C=O) groups is 2. The molecule has 2 atom stereocenters. The second-order valence-corrected chi connectivity index (χ2v) is 8.29. The quantitative estimate of drug-likeness (QED) is 0.324. The SMILES string of the molecule is CCCCCCCCC(C)OC(=O)N[C@@](C)(C=O)CCc1c[nH]c2ccccc12. The molecule has 2 aromatic rings. The van der Waals surface area contributed by atoms with E-state index in [2.05, 4.69) is 23.3 Å². The maximum Gasteiger partial charge on any atom is 0.408 e. The van der Waals surface area contributed by atoms with E-state index in [9.17, 15) is 9.59 Å². The van der Waals surface area contributed by atoms with Crippen molar-refractivity contribution >= 4 is 23.3 Å². The molecule has 0 radical (unpaired) electrons. The van der Waals surface area contributed by atoms with Gasteiger partial charge in [-0.1, -0.05) is 57.2 Å². The van der Waals surface area contributed by atoms with Crippen molar-refractivity contribution in [2.45, 2.75) is 90.2 Å². The number of rotatable bonds is 13. The lowest BCUT2D eigenvalue weighted by Crippen LogP contribution is -2.48. The van der Waals surface area contributed by atoms with Crippen LogP contribution in [0, 0.1) is 0 Å². The van der Waals surface area contributed by atoms with E-state index in [1.807, 2.05) is 31.3 Å². The van der Waals surface area contributed by atoms with Crippen LogP contribution in [0.4, 0.5) is 4.79 Å². The van der Waals surface area contributed by atoms with Crippen LogP contribution in [0.1, 0.15) is 77.7 Å². The number of fused-ring (bicyclic) bond motifs is 1. The van der Waals surface area contributed by atoms with Crippen molar-refractivity contribution in [1.82, 2.24) is 10.3 Å². The van der Waals surface area contributed by atoms with E-state index in [1.165, 1.54) is 32.1 Å². The fourth-order valence-corrected chi connectivity index (χ4v) is 3.60. The maximum absolute atomic E-state index is 12.3. The first-order chi connectivity index (χ1) is 14.0. The number of hydrogen-bond acceptors (Lipinski definition) is 3. The van der Waals surface area contributed by atoms with E-state index >= 15 is 0 Å². The van der Waals surface area contributed by atoms with Gasteiger partial charge in [0.05, 0.1) is 5.54 Å². The second-order valence-electron chi connectivity index (χ2n) is 8.29. The van der Waals surface area contributed by atoms with Crippen molar-refractivity contribution in [3.05, 3.63) is 36.0 Å². The number of para-hydroxylation sites is 1. The molecule has 29 heavy (non-hydrogen) atoms. The van der Waals surface area contributed by atoms with Crippen LogP contribution >= 0.6 is 0 Å². The van der Waals surface area contributed by atoms with Gasteiger partial charge in [-0.25, -0.2) is 4.79 Å². The summed E-state index contributed by atoms with van der Waals surface area (Å²) >= 11 is 0. The first-order valence-electron chi connectivity index (χ1n) is 11.0. The lowest BCUT2D eigenvalue weighted by molar-refractivity contribution is -0.113.